The lowest BCUT2D eigenvalue weighted by Gasteiger charge is -2.12. The quantitative estimate of drug-likeness (QED) is 0.632. The maximum absolute atomic E-state index is 5.84. The summed E-state index contributed by atoms with van der Waals surface area (Å²) in [6, 6.07) is 1.05. The summed E-state index contributed by atoms with van der Waals surface area (Å²) in [5.74, 6) is 0.741. The van der Waals surface area contributed by atoms with Gasteiger partial charge >= 0.3 is 0 Å². The van der Waals surface area contributed by atoms with Crippen molar-refractivity contribution >= 4 is 0 Å². The molecule has 1 aliphatic carbocycles. The van der Waals surface area contributed by atoms with Gasteiger partial charge in [-0.3, -0.25) is 0 Å². The average Bonchev–Trinajstić information content (AvgIpc) is 2.57. The van der Waals surface area contributed by atoms with Gasteiger partial charge in [-0.2, -0.15) is 0 Å². The fraction of sp³-hybridized carbons (Fsp3) is 1.00. The van der Waals surface area contributed by atoms with Crippen LogP contribution in [0, 0.1) is 5.92 Å². The molecule has 3 heteroatoms. The molecule has 90 valence electrons. The lowest BCUT2D eigenvalue weighted by atomic mass is 10.1. The van der Waals surface area contributed by atoms with Gasteiger partial charge in [0.15, 0.2) is 0 Å². The lowest BCUT2D eigenvalue weighted by Crippen LogP contribution is -2.31. The Kier molecular flexibility index (Phi) is 6.22. The Hall–Kier alpha value is -0.120. The van der Waals surface area contributed by atoms with Crippen LogP contribution in [0.1, 0.15) is 39.5 Å². The highest BCUT2D eigenvalue weighted by molar-refractivity contribution is 4.82. The molecule has 1 rings (SSSR count). The summed E-state index contributed by atoms with van der Waals surface area (Å²) in [5, 5.41) is 3.50. The van der Waals surface area contributed by atoms with Crippen LogP contribution < -0.4 is 11.1 Å². The number of hydrogen-bond acceptors (Lipinski definition) is 3. The highest BCUT2D eigenvalue weighted by Gasteiger charge is 2.20. The fourth-order valence-corrected chi connectivity index (χ4v) is 1.96. The Labute approximate surface area is 93.8 Å². The molecule has 0 aromatic rings. The molecule has 0 aromatic heterocycles. The molecule has 2 atom stereocenters. The summed E-state index contributed by atoms with van der Waals surface area (Å²) >= 11 is 0. The predicted molar refractivity (Wildman–Crippen MR) is 63.9 cm³/mol. The van der Waals surface area contributed by atoms with E-state index in [0.29, 0.717) is 12.1 Å². The number of hydrogen-bond donors (Lipinski definition) is 2. The fourth-order valence-electron chi connectivity index (χ4n) is 1.96. The van der Waals surface area contributed by atoms with Gasteiger partial charge in [0.2, 0.25) is 0 Å². The zero-order chi connectivity index (χ0) is 11.1. The molecule has 0 spiro atoms. The second-order valence-corrected chi connectivity index (χ2v) is 5.02. The maximum Gasteiger partial charge on any atom is 0.0591 e. The molecule has 2 unspecified atom stereocenters. The first-order chi connectivity index (χ1) is 7.18. The summed E-state index contributed by atoms with van der Waals surface area (Å²) in [6.07, 6.45) is 4.69. The van der Waals surface area contributed by atoms with E-state index in [0.717, 1.165) is 38.5 Å². The topological polar surface area (TPSA) is 47.3 Å². The Balaban J connectivity index is 1.85. The zero-order valence-electron chi connectivity index (χ0n) is 10.2. The van der Waals surface area contributed by atoms with E-state index < -0.39 is 0 Å². The van der Waals surface area contributed by atoms with Gasteiger partial charge in [-0.1, -0.05) is 13.8 Å². The van der Waals surface area contributed by atoms with E-state index >= 15 is 0 Å². The minimum atomic E-state index is 0.421. The van der Waals surface area contributed by atoms with E-state index in [2.05, 4.69) is 19.2 Å². The molecule has 1 fully saturated rings. The summed E-state index contributed by atoms with van der Waals surface area (Å²) in [6.45, 7) is 7.14. The summed E-state index contributed by atoms with van der Waals surface area (Å²) in [7, 11) is 0. The van der Waals surface area contributed by atoms with Crippen molar-refractivity contribution in [2.24, 2.45) is 11.7 Å². The molecule has 0 saturated heterocycles. The molecular formula is C12H26N2O. The van der Waals surface area contributed by atoms with E-state index in [1.165, 1.54) is 12.8 Å². The molecular weight excluding hydrogens is 188 g/mol. The summed E-state index contributed by atoms with van der Waals surface area (Å²) in [4.78, 5) is 0. The van der Waals surface area contributed by atoms with Crippen LogP contribution in [0.3, 0.4) is 0 Å². The van der Waals surface area contributed by atoms with E-state index in [4.69, 9.17) is 10.5 Å². The normalized spacial score (nSPS) is 26.4. The minimum Gasteiger partial charge on any atom is -0.380 e. The van der Waals surface area contributed by atoms with Crippen molar-refractivity contribution in [3.05, 3.63) is 0 Å². The number of ether oxygens (including phenoxy) is 1. The highest BCUT2D eigenvalue weighted by Crippen LogP contribution is 2.16. The molecule has 0 heterocycles. The Morgan fingerprint density at radius 3 is 2.73 bits per heavy atom. The monoisotopic (exact) mass is 214 g/mol. The Bertz CT molecular complexity index is 162. The SMILES string of the molecule is CC(C)CCOCCNC1CCC(N)C1. The third-order valence-electron chi connectivity index (χ3n) is 2.99. The first-order valence-corrected chi connectivity index (χ1v) is 6.25. The third-order valence-corrected chi connectivity index (χ3v) is 2.99. The van der Waals surface area contributed by atoms with Crippen molar-refractivity contribution in [1.82, 2.24) is 5.32 Å². The van der Waals surface area contributed by atoms with E-state index in [9.17, 15) is 0 Å². The number of nitrogens with two attached hydrogens (primary N) is 1. The van der Waals surface area contributed by atoms with Crippen molar-refractivity contribution in [1.29, 1.82) is 0 Å². The molecule has 0 bridgehead atoms. The van der Waals surface area contributed by atoms with Crippen LogP contribution in [0.25, 0.3) is 0 Å². The smallest absolute Gasteiger partial charge is 0.0591 e. The van der Waals surface area contributed by atoms with Crippen LogP contribution in [0.2, 0.25) is 0 Å². The average molecular weight is 214 g/mol. The predicted octanol–water partition coefficient (Wildman–Crippen LogP) is 1.52. The van der Waals surface area contributed by atoms with Gasteiger partial charge in [0, 0.05) is 25.2 Å². The maximum atomic E-state index is 5.84. The molecule has 0 aromatic carbocycles. The number of rotatable bonds is 7. The van der Waals surface area contributed by atoms with Gasteiger partial charge < -0.3 is 15.8 Å². The second kappa shape index (κ2) is 7.20. The Morgan fingerprint density at radius 2 is 2.13 bits per heavy atom. The lowest BCUT2D eigenvalue weighted by molar-refractivity contribution is 0.123. The van der Waals surface area contributed by atoms with E-state index in [1.807, 2.05) is 0 Å². The van der Waals surface area contributed by atoms with Gasteiger partial charge in [0.25, 0.3) is 0 Å². The van der Waals surface area contributed by atoms with Gasteiger partial charge in [0.05, 0.1) is 6.61 Å². The van der Waals surface area contributed by atoms with Crippen molar-refractivity contribution in [3.63, 3.8) is 0 Å². The number of nitrogens with one attached hydrogen (secondary N) is 1. The van der Waals surface area contributed by atoms with Crippen molar-refractivity contribution in [3.8, 4) is 0 Å². The molecule has 1 saturated carbocycles. The molecule has 3 N–H and O–H groups in total. The van der Waals surface area contributed by atoms with Crippen LogP contribution in [0.4, 0.5) is 0 Å². The van der Waals surface area contributed by atoms with Crippen LogP contribution in [0.15, 0.2) is 0 Å². The van der Waals surface area contributed by atoms with Gasteiger partial charge in [-0.25, -0.2) is 0 Å². The molecule has 3 nitrogen and oxygen atoms in total. The van der Waals surface area contributed by atoms with Gasteiger partial charge in [-0.05, 0) is 31.6 Å². The highest BCUT2D eigenvalue weighted by atomic mass is 16.5. The van der Waals surface area contributed by atoms with Crippen LogP contribution in [0.5, 0.6) is 0 Å². The summed E-state index contributed by atoms with van der Waals surface area (Å²) < 4.78 is 5.54. The third kappa shape index (κ3) is 6.13. The van der Waals surface area contributed by atoms with Crippen LogP contribution in [-0.4, -0.2) is 31.8 Å². The second-order valence-electron chi connectivity index (χ2n) is 5.02. The van der Waals surface area contributed by atoms with Crippen molar-refractivity contribution < 1.29 is 4.74 Å². The largest absolute Gasteiger partial charge is 0.380 e. The first kappa shape index (κ1) is 12.9. The van der Waals surface area contributed by atoms with Gasteiger partial charge in [0.1, 0.15) is 0 Å². The van der Waals surface area contributed by atoms with Crippen LogP contribution >= 0.6 is 0 Å². The van der Waals surface area contributed by atoms with E-state index in [1.54, 1.807) is 0 Å². The minimum absolute atomic E-state index is 0.421. The molecule has 0 radical (unpaired) electrons. The van der Waals surface area contributed by atoms with E-state index in [-0.39, 0.29) is 0 Å². The Morgan fingerprint density at radius 1 is 1.33 bits per heavy atom. The van der Waals surface area contributed by atoms with Gasteiger partial charge in [-0.15, -0.1) is 0 Å². The van der Waals surface area contributed by atoms with Crippen LogP contribution in [-0.2, 0) is 4.74 Å². The van der Waals surface area contributed by atoms with Crippen molar-refractivity contribution in [2.75, 3.05) is 19.8 Å². The zero-order valence-corrected chi connectivity index (χ0v) is 10.2. The standard InChI is InChI=1S/C12H26N2O/c1-10(2)5-7-15-8-6-14-12-4-3-11(13)9-12/h10-12,14H,3-9,13H2,1-2H3. The molecule has 0 amide bonds. The molecule has 15 heavy (non-hydrogen) atoms. The van der Waals surface area contributed by atoms with Crippen molar-refractivity contribution in [2.45, 2.75) is 51.6 Å². The first-order valence-electron chi connectivity index (χ1n) is 6.25. The molecule has 1 aliphatic rings. The molecule has 0 aliphatic heterocycles. The summed E-state index contributed by atoms with van der Waals surface area (Å²) in [5.41, 5.74) is 5.84.